The first-order valence-electron chi connectivity index (χ1n) is 22.4. The summed E-state index contributed by atoms with van der Waals surface area (Å²) in [6, 6.07) is 13.5. The lowest BCUT2D eigenvalue weighted by Crippen LogP contribution is -2.55. The molecule has 2 saturated heterocycles. The summed E-state index contributed by atoms with van der Waals surface area (Å²) in [5.41, 5.74) is 6.13. The molecule has 4 aliphatic rings. The largest absolute Gasteiger partial charge is 0.393 e. The van der Waals surface area contributed by atoms with Gasteiger partial charge in [0.1, 0.15) is 11.7 Å². The molecule has 2 aliphatic heterocycles. The maximum atomic E-state index is 13.1. The summed E-state index contributed by atoms with van der Waals surface area (Å²) in [4.78, 5) is 51.6. The van der Waals surface area contributed by atoms with Crippen LogP contribution < -0.4 is 16.3 Å². The van der Waals surface area contributed by atoms with E-state index in [0.717, 1.165) is 86.0 Å². The molecule has 63 heavy (non-hydrogen) atoms. The first-order chi connectivity index (χ1) is 30.3. The molecular weight excluding hydrogens is 816 g/mol. The third-order valence-corrected chi connectivity index (χ3v) is 13.6. The normalized spacial score (nSPS) is 24.4. The predicted octanol–water partition coefficient (Wildman–Crippen LogP) is 5.87. The summed E-state index contributed by atoms with van der Waals surface area (Å²) >= 11 is 0. The Labute approximate surface area is 363 Å². The van der Waals surface area contributed by atoms with Crippen molar-refractivity contribution in [3.8, 4) is 11.1 Å². The van der Waals surface area contributed by atoms with E-state index in [9.17, 15) is 32.7 Å². The van der Waals surface area contributed by atoms with Crippen LogP contribution in [0.1, 0.15) is 87.9 Å². The van der Waals surface area contributed by atoms with Crippen LogP contribution in [-0.4, -0.2) is 114 Å². The van der Waals surface area contributed by atoms with Crippen molar-refractivity contribution in [2.75, 3.05) is 38.1 Å². The van der Waals surface area contributed by atoms with E-state index in [4.69, 9.17) is 9.72 Å². The molecule has 9 rings (SSSR count). The molecule has 2 atom stereocenters. The standard InChI is InChI=1S/C46H56F3N9O5/c1-28(24-46(47,48)49)51-44-50-25-36-37(27-57(42(36)53-44)32-8-10-34(59)11-9-32)31-6-3-30(4-7-31)26-55-16-18-56(19-17-55)33-22-35(23-33)63-20-15-29-5-12-38-40(21-29)54(2)45(62)58(38)39-13-14-41(60)52-43(39)61/h3-7,12,21,25,27-28,32-35,39,59H,8-11,13-20,22-24,26H2,1-2H3,(H,50,51,53)(H,52,60,61)/t28-,32?,33?,34?,35?,39?/m0/s1. The summed E-state index contributed by atoms with van der Waals surface area (Å²) in [5, 5.41) is 16.2. The Bertz CT molecular complexity index is 2510. The van der Waals surface area contributed by atoms with Gasteiger partial charge < -0.3 is 19.7 Å². The molecule has 5 aromatic rings. The molecule has 2 saturated carbocycles. The van der Waals surface area contributed by atoms with Crippen molar-refractivity contribution in [1.29, 1.82) is 0 Å². The van der Waals surface area contributed by atoms with Crippen molar-refractivity contribution in [3.05, 3.63) is 76.5 Å². The molecule has 4 fully saturated rings. The zero-order valence-corrected chi connectivity index (χ0v) is 35.8. The average Bonchev–Trinajstić information content (AvgIpc) is 3.72. The van der Waals surface area contributed by atoms with Gasteiger partial charge in [-0.1, -0.05) is 30.3 Å². The van der Waals surface area contributed by atoms with E-state index >= 15 is 0 Å². The lowest BCUT2D eigenvalue weighted by Gasteiger charge is -2.46. The highest BCUT2D eigenvalue weighted by atomic mass is 19.4. The number of hydrogen-bond acceptors (Lipinski definition) is 10. The molecule has 2 aromatic carbocycles. The van der Waals surface area contributed by atoms with Crippen molar-refractivity contribution in [2.45, 2.75) is 120 Å². The number of amides is 2. The summed E-state index contributed by atoms with van der Waals surface area (Å²) < 4.78 is 50.6. The minimum absolute atomic E-state index is 0.124. The summed E-state index contributed by atoms with van der Waals surface area (Å²) in [5.74, 6) is -0.578. The molecule has 336 valence electrons. The third kappa shape index (κ3) is 9.42. The SMILES string of the molecule is C[C@@H](CC(F)(F)F)Nc1ncc2c(-c3ccc(CN4CCN(C5CC(OCCc6ccc7c(c6)n(C)c(=O)n7C6CCC(=O)NC6=O)C5)CC4)cc3)cn(C3CCC(O)CC3)c2n1. The number of imidazole rings is 1. The molecule has 2 aliphatic carbocycles. The van der Waals surface area contributed by atoms with Gasteiger partial charge in [0, 0.05) is 87.7 Å². The second-order valence-electron chi connectivity index (χ2n) is 18.1. The number of piperazine rings is 1. The second kappa shape index (κ2) is 17.8. The lowest BCUT2D eigenvalue weighted by molar-refractivity contribution is -0.137. The molecule has 3 N–H and O–H groups in total. The predicted molar refractivity (Wildman–Crippen MR) is 232 cm³/mol. The first-order valence-corrected chi connectivity index (χ1v) is 22.4. The number of benzene rings is 2. The number of aromatic nitrogens is 5. The Hall–Kier alpha value is -5.10. The number of nitrogens with zero attached hydrogens (tertiary/aromatic N) is 7. The molecule has 14 nitrogen and oxygen atoms in total. The molecule has 2 amide bonds. The number of imide groups is 1. The molecule has 0 bridgehead atoms. The van der Waals surface area contributed by atoms with E-state index in [1.807, 2.05) is 18.2 Å². The fraction of sp³-hybridized carbons (Fsp3) is 0.543. The van der Waals surface area contributed by atoms with Crippen molar-refractivity contribution in [3.63, 3.8) is 0 Å². The first kappa shape index (κ1) is 43.2. The van der Waals surface area contributed by atoms with Crippen LogP contribution in [0, 0.1) is 0 Å². The van der Waals surface area contributed by atoms with Crippen molar-refractivity contribution >= 4 is 39.8 Å². The highest BCUT2D eigenvalue weighted by Crippen LogP contribution is 2.37. The number of ether oxygens (including phenoxy) is 1. The Balaban J connectivity index is 0.753. The number of halogens is 3. The summed E-state index contributed by atoms with van der Waals surface area (Å²) in [7, 11) is 1.71. The number of anilines is 1. The van der Waals surface area contributed by atoms with Crippen LogP contribution in [0.5, 0.6) is 0 Å². The fourth-order valence-electron chi connectivity index (χ4n) is 10.0. The van der Waals surface area contributed by atoms with Crippen LogP contribution in [0.4, 0.5) is 19.1 Å². The Kier molecular flexibility index (Phi) is 12.2. The van der Waals surface area contributed by atoms with Crippen LogP contribution in [0.2, 0.25) is 0 Å². The fourth-order valence-corrected chi connectivity index (χ4v) is 10.0. The number of carbonyl (C=O) groups is 2. The van der Waals surface area contributed by atoms with E-state index in [0.29, 0.717) is 49.5 Å². The van der Waals surface area contributed by atoms with Gasteiger partial charge in [-0.05, 0) is 87.1 Å². The maximum Gasteiger partial charge on any atom is 0.391 e. The van der Waals surface area contributed by atoms with Crippen LogP contribution in [0.3, 0.4) is 0 Å². The van der Waals surface area contributed by atoms with E-state index in [2.05, 4.69) is 60.4 Å². The van der Waals surface area contributed by atoms with Crippen LogP contribution in [0.15, 0.2) is 59.7 Å². The van der Waals surface area contributed by atoms with Gasteiger partial charge in [0.2, 0.25) is 17.8 Å². The van der Waals surface area contributed by atoms with Gasteiger partial charge in [-0.3, -0.25) is 33.8 Å². The highest BCUT2D eigenvalue weighted by Gasteiger charge is 2.36. The Morgan fingerprint density at radius 1 is 0.937 bits per heavy atom. The van der Waals surface area contributed by atoms with Crippen molar-refractivity contribution in [1.82, 2.24) is 38.8 Å². The van der Waals surface area contributed by atoms with Gasteiger partial charge in [0.15, 0.2) is 0 Å². The van der Waals surface area contributed by atoms with Crippen LogP contribution >= 0.6 is 0 Å². The lowest BCUT2D eigenvalue weighted by atomic mass is 9.87. The van der Waals surface area contributed by atoms with Gasteiger partial charge >= 0.3 is 11.9 Å². The smallest absolute Gasteiger partial charge is 0.391 e. The van der Waals surface area contributed by atoms with Crippen molar-refractivity contribution in [2.24, 2.45) is 7.05 Å². The van der Waals surface area contributed by atoms with Gasteiger partial charge in [0.05, 0.1) is 36.3 Å². The number of piperidine rings is 1. The highest BCUT2D eigenvalue weighted by molar-refractivity contribution is 6.00. The number of hydrogen-bond donors (Lipinski definition) is 3. The van der Waals surface area contributed by atoms with Gasteiger partial charge in [0.25, 0.3) is 0 Å². The molecule has 17 heteroatoms. The number of aryl methyl sites for hydroxylation is 1. The zero-order valence-electron chi connectivity index (χ0n) is 35.8. The third-order valence-electron chi connectivity index (χ3n) is 13.6. The Morgan fingerprint density at radius 3 is 2.38 bits per heavy atom. The molecular formula is C46H56F3N9O5. The molecule has 3 aromatic heterocycles. The minimum atomic E-state index is -4.29. The molecule has 1 unspecified atom stereocenters. The second-order valence-corrected chi connectivity index (χ2v) is 18.1. The molecule has 0 radical (unpaired) electrons. The number of aliphatic hydroxyl groups is 1. The van der Waals surface area contributed by atoms with Gasteiger partial charge in [-0.15, -0.1) is 0 Å². The van der Waals surface area contributed by atoms with Gasteiger partial charge in [-0.25, -0.2) is 9.78 Å². The zero-order chi connectivity index (χ0) is 44.0. The maximum absolute atomic E-state index is 13.1. The number of alkyl halides is 3. The van der Waals surface area contributed by atoms with E-state index in [-0.39, 0.29) is 42.2 Å². The average molecular weight is 872 g/mol. The number of nitrogens with one attached hydrogen (secondary N) is 2. The van der Waals surface area contributed by atoms with Crippen molar-refractivity contribution < 1.29 is 32.6 Å². The molecule has 0 spiro atoms. The summed E-state index contributed by atoms with van der Waals surface area (Å²) in [6.45, 7) is 6.91. The number of carbonyl (C=O) groups excluding carboxylic acids is 2. The van der Waals surface area contributed by atoms with Crippen LogP contribution in [0.25, 0.3) is 33.2 Å². The van der Waals surface area contributed by atoms with Crippen LogP contribution in [-0.2, 0) is 34.3 Å². The summed E-state index contributed by atoms with van der Waals surface area (Å²) in [6.07, 6.45) is 4.67. The van der Waals surface area contributed by atoms with E-state index < -0.39 is 30.6 Å². The number of aliphatic hydroxyl groups excluding tert-OH is 1. The quantitative estimate of drug-likeness (QED) is 0.123. The minimum Gasteiger partial charge on any atom is -0.393 e. The Morgan fingerprint density at radius 2 is 1.67 bits per heavy atom. The number of fused-ring (bicyclic) bond motifs is 2. The van der Waals surface area contributed by atoms with Gasteiger partial charge in [-0.2, -0.15) is 18.2 Å². The monoisotopic (exact) mass is 871 g/mol. The molecule has 5 heterocycles. The van der Waals surface area contributed by atoms with E-state index in [1.54, 1.807) is 17.8 Å². The van der Waals surface area contributed by atoms with E-state index in [1.165, 1.54) is 17.1 Å². The number of rotatable bonds is 13. The topological polar surface area (TPSA) is 152 Å².